The molecule has 1 rings (SSSR count). The van der Waals surface area contributed by atoms with Crippen LogP contribution in [-0.4, -0.2) is 16.5 Å². The molecule has 0 aliphatic heterocycles. The predicted molar refractivity (Wildman–Crippen MR) is 83.0 cm³/mol. The van der Waals surface area contributed by atoms with Gasteiger partial charge in [-0.3, -0.25) is 4.79 Å². The lowest BCUT2D eigenvalue weighted by atomic mass is 9.93. The maximum Gasteiger partial charge on any atom is 0.302 e. The van der Waals surface area contributed by atoms with E-state index < -0.39 is 0 Å². The summed E-state index contributed by atoms with van der Waals surface area (Å²) in [5.74, 6) is 0.188. The van der Waals surface area contributed by atoms with Gasteiger partial charge in [-0.25, -0.2) is 0 Å². The summed E-state index contributed by atoms with van der Waals surface area (Å²) in [6, 6.07) is 10.4. The van der Waals surface area contributed by atoms with Crippen LogP contribution in [0.1, 0.15) is 32.3 Å². The average Bonchev–Trinajstić information content (AvgIpc) is 2.35. The third kappa shape index (κ3) is 5.85. The Balaban J connectivity index is 2.57. The predicted octanol–water partition coefficient (Wildman–Crippen LogP) is 4.01. The molecule has 2 unspecified atom stereocenters. The van der Waals surface area contributed by atoms with Crippen LogP contribution in [0.2, 0.25) is 0 Å². The maximum absolute atomic E-state index is 11.2. The van der Waals surface area contributed by atoms with Gasteiger partial charge in [0.25, 0.3) is 0 Å². The standard InChI is InChI=1S/C15H21IO2/c1-12(11-14-7-4-3-5-8-14)15(9-6-10-16)18-13(2)17/h3-5,7-8,12,15H,6,9-11H2,1-2H3. The first-order chi connectivity index (χ1) is 8.63. The van der Waals surface area contributed by atoms with Gasteiger partial charge < -0.3 is 4.74 Å². The van der Waals surface area contributed by atoms with Gasteiger partial charge >= 0.3 is 5.97 Å². The number of carbonyl (C=O) groups excluding carboxylic acids is 1. The number of hydrogen-bond acceptors (Lipinski definition) is 2. The number of benzene rings is 1. The van der Waals surface area contributed by atoms with E-state index in [1.54, 1.807) is 0 Å². The minimum Gasteiger partial charge on any atom is -0.462 e. The number of alkyl halides is 1. The topological polar surface area (TPSA) is 26.3 Å². The highest BCUT2D eigenvalue weighted by atomic mass is 127. The third-order valence-corrected chi connectivity index (χ3v) is 3.74. The second-order valence-electron chi connectivity index (χ2n) is 4.65. The minimum absolute atomic E-state index is 0.0393. The van der Waals surface area contributed by atoms with E-state index in [2.05, 4.69) is 41.6 Å². The molecule has 0 aromatic heterocycles. The van der Waals surface area contributed by atoms with E-state index in [1.807, 2.05) is 18.2 Å². The van der Waals surface area contributed by atoms with Crippen molar-refractivity contribution in [2.75, 3.05) is 4.43 Å². The Kier molecular flexibility index (Phi) is 7.32. The van der Waals surface area contributed by atoms with Crippen LogP contribution in [-0.2, 0) is 16.0 Å². The molecule has 0 saturated heterocycles. The fourth-order valence-electron chi connectivity index (χ4n) is 2.07. The SMILES string of the molecule is CC(=O)OC(CCCI)C(C)Cc1ccccc1. The molecule has 0 aliphatic rings. The van der Waals surface area contributed by atoms with E-state index in [9.17, 15) is 4.79 Å². The van der Waals surface area contributed by atoms with Crippen LogP contribution in [0, 0.1) is 5.92 Å². The van der Waals surface area contributed by atoms with Gasteiger partial charge in [-0.2, -0.15) is 0 Å². The highest BCUT2D eigenvalue weighted by molar-refractivity contribution is 14.1. The Morgan fingerprint density at radius 1 is 1.33 bits per heavy atom. The monoisotopic (exact) mass is 360 g/mol. The second kappa shape index (κ2) is 8.51. The Morgan fingerprint density at radius 2 is 2.00 bits per heavy atom. The second-order valence-corrected chi connectivity index (χ2v) is 5.72. The van der Waals surface area contributed by atoms with E-state index in [-0.39, 0.29) is 12.1 Å². The van der Waals surface area contributed by atoms with Gasteiger partial charge in [0.15, 0.2) is 0 Å². The van der Waals surface area contributed by atoms with Gasteiger partial charge in [0.1, 0.15) is 6.10 Å². The largest absolute Gasteiger partial charge is 0.462 e. The first kappa shape index (κ1) is 15.5. The van der Waals surface area contributed by atoms with Gasteiger partial charge in [0, 0.05) is 6.92 Å². The van der Waals surface area contributed by atoms with Crippen LogP contribution >= 0.6 is 22.6 Å². The molecule has 0 amide bonds. The molecular formula is C15H21IO2. The normalized spacial score (nSPS) is 13.9. The van der Waals surface area contributed by atoms with Crippen molar-refractivity contribution in [3.8, 4) is 0 Å². The van der Waals surface area contributed by atoms with E-state index >= 15 is 0 Å². The van der Waals surface area contributed by atoms with E-state index in [0.717, 1.165) is 23.7 Å². The molecular weight excluding hydrogens is 339 g/mol. The van der Waals surface area contributed by atoms with Gasteiger partial charge in [-0.1, -0.05) is 59.8 Å². The molecule has 0 fully saturated rings. The van der Waals surface area contributed by atoms with Crippen molar-refractivity contribution in [3.05, 3.63) is 35.9 Å². The van der Waals surface area contributed by atoms with Gasteiger partial charge in [0.05, 0.1) is 0 Å². The van der Waals surface area contributed by atoms with Crippen molar-refractivity contribution >= 4 is 28.6 Å². The van der Waals surface area contributed by atoms with Crippen LogP contribution in [0.5, 0.6) is 0 Å². The van der Waals surface area contributed by atoms with E-state index in [0.29, 0.717) is 5.92 Å². The quantitative estimate of drug-likeness (QED) is 0.417. The molecule has 0 spiro atoms. The molecule has 100 valence electrons. The number of hydrogen-bond donors (Lipinski definition) is 0. The Hall–Kier alpha value is -0.580. The fourth-order valence-corrected chi connectivity index (χ4v) is 2.51. The summed E-state index contributed by atoms with van der Waals surface area (Å²) < 4.78 is 6.55. The zero-order chi connectivity index (χ0) is 13.4. The minimum atomic E-state index is -0.173. The molecule has 1 aromatic rings. The molecule has 1 aromatic carbocycles. The van der Waals surface area contributed by atoms with Crippen molar-refractivity contribution in [1.82, 2.24) is 0 Å². The van der Waals surface area contributed by atoms with Crippen LogP contribution in [0.3, 0.4) is 0 Å². The zero-order valence-corrected chi connectivity index (χ0v) is 13.2. The van der Waals surface area contributed by atoms with Gasteiger partial charge in [-0.15, -0.1) is 0 Å². The Bertz CT molecular complexity index is 351. The molecule has 0 saturated carbocycles. The van der Waals surface area contributed by atoms with Crippen molar-refractivity contribution in [2.24, 2.45) is 5.92 Å². The summed E-state index contributed by atoms with van der Waals surface area (Å²) in [4.78, 5) is 11.2. The summed E-state index contributed by atoms with van der Waals surface area (Å²) in [5, 5.41) is 0. The van der Waals surface area contributed by atoms with Crippen molar-refractivity contribution in [3.63, 3.8) is 0 Å². The Labute approximate surface area is 123 Å². The molecule has 3 heteroatoms. The van der Waals surface area contributed by atoms with Gasteiger partial charge in [0.2, 0.25) is 0 Å². The molecule has 2 atom stereocenters. The maximum atomic E-state index is 11.2. The number of ether oxygens (including phenoxy) is 1. The van der Waals surface area contributed by atoms with Crippen molar-refractivity contribution in [2.45, 2.75) is 39.2 Å². The molecule has 0 heterocycles. The Morgan fingerprint density at radius 3 is 2.56 bits per heavy atom. The van der Waals surface area contributed by atoms with Crippen LogP contribution < -0.4 is 0 Å². The van der Waals surface area contributed by atoms with E-state index in [1.165, 1.54) is 12.5 Å². The zero-order valence-electron chi connectivity index (χ0n) is 11.1. The molecule has 18 heavy (non-hydrogen) atoms. The third-order valence-electron chi connectivity index (χ3n) is 2.97. The molecule has 2 nitrogen and oxygen atoms in total. The highest BCUT2D eigenvalue weighted by Crippen LogP contribution is 2.19. The first-order valence-corrected chi connectivity index (χ1v) is 7.93. The number of esters is 1. The summed E-state index contributed by atoms with van der Waals surface area (Å²) in [6.45, 7) is 3.65. The average molecular weight is 360 g/mol. The summed E-state index contributed by atoms with van der Waals surface area (Å²) in [5.41, 5.74) is 1.30. The summed E-state index contributed by atoms with van der Waals surface area (Å²) in [7, 11) is 0. The lowest BCUT2D eigenvalue weighted by molar-refractivity contribution is -0.149. The van der Waals surface area contributed by atoms with Crippen molar-refractivity contribution < 1.29 is 9.53 Å². The van der Waals surface area contributed by atoms with Gasteiger partial charge in [-0.05, 0) is 35.2 Å². The lowest BCUT2D eigenvalue weighted by Gasteiger charge is -2.23. The highest BCUT2D eigenvalue weighted by Gasteiger charge is 2.20. The van der Waals surface area contributed by atoms with Crippen LogP contribution in [0.15, 0.2) is 30.3 Å². The van der Waals surface area contributed by atoms with Crippen LogP contribution in [0.4, 0.5) is 0 Å². The smallest absolute Gasteiger partial charge is 0.302 e. The molecule has 0 aliphatic carbocycles. The summed E-state index contributed by atoms with van der Waals surface area (Å²) in [6.07, 6.45) is 3.05. The molecule has 0 bridgehead atoms. The number of rotatable bonds is 7. The lowest BCUT2D eigenvalue weighted by Crippen LogP contribution is -2.26. The first-order valence-electron chi connectivity index (χ1n) is 6.40. The van der Waals surface area contributed by atoms with Crippen molar-refractivity contribution in [1.29, 1.82) is 0 Å². The number of halogens is 1. The van der Waals surface area contributed by atoms with E-state index in [4.69, 9.17) is 4.74 Å². The molecule has 0 radical (unpaired) electrons. The summed E-state index contributed by atoms with van der Waals surface area (Å²) >= 11 is 2.36. The fraction of sp³-hybridized carbons (Fsp3) is 0.533. The van der Waals surface area contributed by atoms with Crippen LogP contribution in [0.25, 0.3) is 0 Å². The molecule has 0 N–H and O–H groups in total. The number of carbonyl (C=O) groups is 1.